The second-order valence-electron chi connectivity index (χ2n) is 16.1. The molecule has 0 spiro atoms. The molecule has 5 rings (SSSR count). The number of aliphatic carboxylic acids is 1. The number of pyridine rings is 1. The van der Waals surface area contributed by atoms with E-state index in [1.165, 1.54) is 4.31 Å². The minimum atomic E-state index is -3.94. The number of carboxylic acid groups (broad SMARTS) is 1. The number of nitrogens with one attached hydrogen (secondary N) is 2. The molecule has 13 heteroatoms. The number of carbonyl (C=O) groups is 3. The van der Waals surface area contributed by atoms with Gasteiger partial charge in [0.25, 0.3) is 10.0 Å². The third kappa shape index (κ3) is 8.35. The molecule has 1 aromatic heterocycles. The highest BCUT2D eigenvalue weighted by molar-refractivity contribution is 7.93. The van der Waals surface area contributed by atoms with E-state index in [1.54, 1.807) is 32.9 Å². The highest BCUT2D eigenvalue weighted by atomic mass is 32.2. The Morgan fingerprint density at radius 1 is 1.00 bits per heavy atom. The zero-order valence-corrected chi connectivity index (χ0v) is 33.5. The predicted octanol–water partition coefficient (Wildman–Crippen LogP) is 6.49. The van der Waals surface area contributed by atoms with Crippen molar-refractivity contribution in [2.45, 2.75) is 123 Å². The first-order valence-electron chi connectivity index (χ1n) is 18.6. The van der Waals surface area contributed by atoms with Gasteiger partial charge < -0.3 is 25.2 Å². The summed E-state index contributed by atoms with van der Waals surface area (Å²) in [7, 11) is -3.94. The first kappa shape index (κ1) is 40.5. The lowest BCUT2D eigenvalue weighted by molar-refractivity contribution is -0.149. The number of hydrogen-bond acceptors (Lipinski definition) is 8. The lowest BCUT2D eigenvalue weighted by Crippen LogP contribution is -2.67. The minimum absolute atomic E-state index is 0.0338. The molecule has 2 aliphatic heterocycles. The summed E-state index contributed by atoms with van der Waals surface area (Å²) < 4.78 is 41.9. The van der Waals surface area contributed by atoms with Gasteiger partial charge in [-0.2, -0.15) is 0 Å². The van der Waals surface area contributed by atoms with Gasteiger partial charge in [-0.15, -0.1) is 0 Å². The van der Waals surface area contributed by atoms with Crippen LogP contribution >= 0.6 is 0 Å². The molecule has 0 aliphatic carbocycles. The number of fused-ring (bicyclic) bond motifs is 2. The summed E-state index contributed by atoms with van der Waals surface area (Å²) in [6.07, 6.45) is 2.87. The monoisotopic (exact) mass is 762 g/mol. The van der Waals surface area contributed by atoms with Crippen LogP contribution in [0.2, 0.25) is 0 Å². The third-order valence-corrected chi connectivity index (χ3v) is 12.8. The zero-order chi connectivity index (χ0) is 39.6. The number of unbranched alkanes of at least 4 members (excludes halogenated alkanes) is 1. The third-order valence-electron chi connectivity index (χ3n) is 10.7. The van der Waals surface area contributed by atoms with E-state index in [0.717, 1.165) is 45.7 Å². The van der Waals surface area contributed by atoms with Gasteiger partial charge in [0.1, 0.15) is 23.8 Å². The predicted molar refractivity (Wildman–Crippen MR) is 206 cm³/mol. The van der Waals surface area contributed by atoms with Gasteiger partial charge in [0.05, 0.1) is 11.4 Å². The van der Waals surface area contributed by atoms with E-state index in [0.29, 0.717) is 54.9 Å². The van der Waals surface area contributed by atoms with Gasteiger partial charge in [-0.1, -0.05) is 57.2 Å². The summed E-state index contributed by atoms with van der Waals surface area (Å²) in [4.78, 5) is 43.5. The maximum absolute atomic E-state index is 14.5. The van der Waals surface area contributed by atoms with Gasteiger partial charge in [-0.25, -0.2) is 27.3 Å². The van der Waals surface area contributed by atoms with Crippen molar-refractivity contribution in [2.24, 2.45) is 5.41 Å². The number of sulfonamides is 1. The molecule has 2 aromatic carbocycles. The molecule has 292 valence electrons. The molecular formula is C41H54N4O8S. The fraction of sp³-hybridized carbons (Fsp3) is 0.512. The Kier molecular flexibility index (Phi) is 11.7. The average Bonchev–Trinajstić information content (AvgIpc) is 3.45. The van der Waals surface area contributed by atoms with Gasteiger partial charge in [-0.05, 0) is 106 Å². The van der Waals surface area contributed by atoms with Gasteiger partial charge in [0.2, 0.25) is 5.91 Å². The van der Waals surface area contributed by atoms with Crippen molar-refractivity contribution in [3.63, 3.8) is 0 Å². The van der Waals surface area contributed by atoms with Crippen LogP contribution in [0, 0.1) is 26.2 Å². The van der Waals surface area contributed by atoms with Gasteiger partial charge in [-0.3, -0.25) is 4.79 Å². The Hall–Kier alpha value is -4.65. The molecule has 0 saturated heterocycles. The standard InChI is InChI=1S/C41H54N4O8S/c1-26-27(2)35(28(3)32-23-40(7,8)53-34(26)32)54(50,51)45-22-14-17-30-20-21-31(43-36(30)45)18-12-13-19-33(46)42-25-41(37(47)48,39(4,5)6)44-38(49)52-24-29-15-10-9-11-16-29/h9-11,15-16,20-21H,12-14,17-19,22-25H2,1-8H3,(H,42,46)(H,44,49)(H,47,48). The van der Waals surface area contributed by atoms with Crippen LogP contribution in [0.15, 0.2) is 47.4 Å². The van der Waals surface area contributed by atoms with E-state index < -0.39 is 38.6 Å². The Balaban J connectivity index is 1.22. The molecular weight excluding hydrogens is 709 g/mol. The fourth-order valence-corrected chi connectivity index (χ4v) is 9.38. The normalized spacial score (nSPS) is 16.0. The van der Waals surface area contributed by atoms with E-state index in [4.69, 9.17) is 14.5 Å². The molecule has 0 fully saturated rings. The van der Waals surface area contributed by atoms with E-state index in [9.17, 15) is 27.9 Å². The highest BCUT2D eigenvalue weighted by Gasteiger charge is 2.51. The van der Waals surface area contributed by atoms with E-state index in [1.807, 2.05) is 65.0 Å². The van der Waals surface area contributed by atoms with Crippen LogP contribution in [0.3, 0.4) is 0 Å². The average molecular weight is 763 g/mol. The summed E-state index contributed by atoms with van der Waals surface area (Å²) >= 11 is 0. The summed E-state index contributed by atoms with van der Waals surface area (Å²) in [5.74, 6) is -0.416. The summed E-state index contributed by atoms with van der Waals surface area (Å²) in [5.41, 5.74) is 2.31. The van der Waals surface area contributed by atoms with Crippen LogP contribution in [0.4, 0.5) is 10.6 Å². The van der Waals surface area contributed by atoms with E-state index in [-0.39, 0.29) is 25.5 Å². The number of nitrogens with zero attached hydrogens (tertiary/aromatic N) is 2. The fourth-order valence-electron chi connectivity index (χ4n) is 7.35. The molecule has 3 heterocycles. The first-order chi connectivity index (χ1) is 25.3. The highest BCUT2D eigenvalue weighted by Crippen LogP contribution is 2.45. The second-order valence-corrected chi connectivity index (χ2v) is 17.9. The number of anilines is 1. The van der Waals surface area contributed by atoms with Crippen molar-refractivity contribution in [3.8, 4) is 5.75 Å². The first-order valence-corrected chi connectivity index (χ1v) is 20.0. The van der Waals surface area contributed by atoms with Crippen molar-refractivity contribution in [2.75, 3.05) is 17.4 Å². The Morgan fingerprint density at radius 3 is 2.37 bits per heavy atom. The number of carbonyl (C=O) groups excluding carboxylic acids is 2. The lowest BCUT2D eigenvalue weighted by Gasteiger charge is -2.41. The van der Waals surface area contributed by atoms with Gasteiger partial charge >= 0.3 is 12.1 Å². The molecule has 0 bridgehead atoms. The summed E-state index contributed by atoms with van der Waals surface area (Å²) in [6, 6.07) is 12.9. The zero-order valence-electron chi connectivity index (χ0n) is 32.7. The lowest BCUT2D eigenvalue weighted by atomic mass is 9.73. The van der Waals surface area contributed by atoms with Gasteiger partial charge in [0.15, 0.2) is 5.54 Å². The molecule has 2 amide bonds. The molecule has 12 nitrogen and oxygen atoms in total. The largest absolute Gasteiger partial charge is 0.487 e. The Morgan fingerprint density at radius 2 is 1.70 bits per heavy atom. The van der Waals surface area contributed by atoms with Gasteiger partial charge in [0, 0.05) is 30.6 Å². The number of benzene rings is 2. The quantitative estimate of drug-likeness (QED) is 0.165. The van der Waals surface area contributed by atoms with Crippen LogP contribution < -0.4 is 19.7 Å². The number of ether oxygens (including phenoxy) is 2. The molecule has 2 aliphatic rings. The number of aromatic nitrogens is 1. The van der Waals surface area contributed by atoms with Crippen molar-refractivity contribution in [3.05, 3.63) is 81.5 Å². The number of amides is 2. The van der Waals surface area contributed by atoms with E-state index >= 15 is 0 Å². The summed E-state index contributed by atoms with van der Waals surface area (Å²) in [6.45, 7) is 14.6. The van der Waals surface area contributed by atoms with Crippen LogP contribution in [-0.2, 0) is 50.2 Å². The molecule has 1 atom stereocenters. The van der Waals surface area contributed by atoms with Crippen LogP contribution in [0.1, 0.15) is 99.4 Å². The molecule has 54 heavy (non-hydrogen) atoms. The van der Waals surface area contributed by atoms with Crippen LogP contribution in [-0.4, -0.2) is 60.7 Å². The smallest absolute Gasteiger partial charge is 0.408 e. The molecule has 1 unspecified atom stereocenters. The van der Waals surface area contributed by atoms with Crippen LogP contribution in [0.5, 0.6) is 5.75 Å². The van der Waals surface area contributed by atoms with Crippen molar-refractivity contribution in [1.29, 1.82) is 0 Å². The summed E-state index contributed by atoms with van der Waals surface area (Å²) in [5, 5.41) is 15.5. The number of carboxylic acids is 1. The number of alkyl carbamates (subject to hydrolysis) is 1. The van der Waals surface area contributed by atoms with Crippen LogP contribution in [0.25, 0.3) is 0 Å². The minimum Gasteiger partial charge on any atom is -0.487 e. The second kappa shape index (κ2) is 15.6. The maximum atomic E-state index is 14.5. The molecule has 3 N–H and O–H groups in total. The number of rotatable bonds is 13. The SMILES string of the molecule is Cc1c(C)c(S(=O)(=O)N2CCCc3ccc(CCCCC(=O)NCC(NC(=O)OCc4ccccc4)(C(=O)O)C(C)(C)C)nc32)c(C)c2c1OC(C)(C)C2. The molecule has 0 radical (unpaired) electrons. The van der Waals surface area contributed by atoms with Crippen molar-refractivity contribution in [1.82, 2.24) is 15.6 Å². The topological polar surface area (TPSA) is 164 Å². The Bertz CT molecular complexity index is 2020. The number of hydrogen-bond donors (Lipinski definition) is 3. The molecule has 0 saturated carbocycles. The number of aryl methyl sites for hydroxylation is 2. The molecule has 3 aromatic rings. The Labute approximate surface area is 319 Å². The van der Waals surface area contributed by atoms with E-state index in [2.05, 4.69) is 10.6 Å². The maximum Gasteiger partial charge on any atom is 0.408 e. The van der Waals surface area contributed by atoms with Crippen molar-refractivity contribution >= 4 is 33.8 Å². The van der Waals surface area contributed by atoms with Crippen molar-refractivity contribution < 1.29 is 37.4 Å².